The fraction of sp³-hybridized carbons (Fsp3) is 0.667. The molecule has 1 saturated carbocycles. The van der Waals surface area contributed by atoms with E-state index in [9.17, 15) is 29.7 Å². The lowest BCUT2D eigenvalue weighted by Crippen LogP contribution is -2.60. The molecule has 1 heterocycles. The van der Waals surface area contributed by atoms with Crippen molar-refractivity contribution < 1.29 is 39.5 Å². The lowest BCUT2D eigenvalue weighted by molar-refractivity contribution is -0.147. The molecule has 2 rings (SSSR count). The number of ether oxygens (including phenoxy) is 1. The van der Waals surface area contributed by atoms with Crippen molar-refractivity contribution in [1.82, 2.24) is 10.6 Å². The molecule has 10 heteroatoms. The van der Waals surface area contributed by atoms with Crippen LogP contribution in [0.2, 0.25) is 0 Å². The van der Waals surface area contributed by atoms with E-state index in [0.29, 0.717) is 0 Å². The minimum atomic E-state index is -1.66. The van der Waals surface area contributed by atoms with Gasteiger partial charge in [0.25, 0.3) is 0 Å². The van der Waals surface area contributed by atoms with E-state index in [1.54, 1.807) is 0 Å². The standard InChI is InChI=1S/C15H22N2O8/c1-6(18)17-11-8(19)4-10(15(23)24)25-13(11)12(21)9(20)5-16-14(22)7-2-3-7/h4,7-9,11-13,19-21H,2-3,5H2,1H3,(H,16,22)(H,17,18)(H,23,24)/t8-,9-,11+,12-,13+/m0/s1. The number of nitrogens with one attached hydrogen (secondary N) is 2. The molecule has 0 saturated heterocycles. The van der Waals surface area contributed by atoms with Gasteiger partial charge in [-0.3, -0.25) is 9.59 Å². The zero-order valence-corrected chi connectivity index (χ0v) is 13.6. The Morgan fingerprint density at radius 2 is 1.96 bits per heavy atom. The molecule has 0 radical (unpaired) electrons. The van der Waals surface area contributed by atoms with Crippen molar-refractivity contribution >= 4 is 17.8 Å². The second-order valence-electron chi connectivity index (χ2n) is 6.21. The summed E-state index contributed by atoms with van der Waals surface area (Å²) in [5.41, 5.74) is 0. The number of aliphatic hydroxyl groups is 3. The Labute approximate surface area is 143 Å². The monoisotopic (exact) mass is 358 g/mol. The average Bonchev–Trinajstić information content (AvgIpc) is 3.37. The molecule has 2 amide bonds. The molecule has 5 atom stereocenters. The highest BCUT2D eigenvalue weighted by Gasteiger charge is 2.43. The summed E-state index contributed by atoms with van der Waals surface area (Å²) in [6.07, 6.45) is -3.54. The van der Waals surface area contributed by atoms with Gasteiger partial charge in [-0.2, -0.15) is 0 Å². The SMILES string of the molecule is CC(=O)N[C@H]1[C@H]([C@@H](O)[C@@H](O)CNC(=O)C2CC2)OC(C(=O)O)=C[C@@H]1O. The maximum Gasteiger partial charge on any atom is 0.370 e. The van der Waals surface area contributed by atoms with Gasteiger partial charge in [-0.15, -0.1) is 0 Å². The number of hydrogen-bond donors (Lipinski definition) is 6. The maximum atomic E-state index is 11.6. The van der Waals surface area contributed by atoms with Crippen molar-refractivity contribution in [3.05, 3.63) is 11.8 Å². The van der Waals surface area contributed by atoms with Gasteiger partial charge < -0.3 is 35.8 Å². The van der Waals surface area contributed by atoms with Gasteiger partial charge in [0, 0.05) is 19.4 Å². The zero-order valence-electron chi connectivity index (χ0n) is 13.6. The molecule has 2 aliphatic rings. The van der Waals surface area contributed by atoms with E-state index in [2.05, 4.69) is 10.6 Å². The van der Waals surface area contributed by atoms with E-state index in [1.807, 2.05) is 0 Å². The maximum absolute atomic E-state index is 11.6. The van der Waals surface area contributed by atoms with Gasteiger partial charge in [0.1, 0.15) is 18.3 Å². The number of carboxylic acid groups (broad SMARTS) is 1. The molecule has 0 aromatic rings. The van der Waals surface area contributed by atoms with Crippen molar-refractivity contribution in [3.63, 3.8) is 0 Å². The predicted molar refractivity (Wildman–Crippen MR) is 82.0 cm³/mol. The van der Waals surface area contributed by atoms with Crippen molar-refractivity contribution in [2.75, 3.05) is 6.54 Å². The molecule has 0 unspecified atom stereocenters. The molecule has 140 valence electrons. The van der Waals surface area contributed by atoms with Gasteiger partial charge in [-0.25, -0.2) is 4.79 Å². The van der Waals surface area contributed by atoms with Crippen molar-refractivity contribution in [2.45, 2.75) is 50.2 Å². The Hall–Kier alpha value is -2.17. The summed E-state index contributed by atoms with van der Waals surface area (Å²) >= 11 is 0. The van der Waals surface area contributed by atoms with Gasteiger partial charge in [0.05, 0.1) is 6.04 Å². The van der Waals surface area contributed by atoms with Gasteiger partial charge in [0.2, 0.25) is 17.6 Å². The van der Waals surface area contributed by atoms with Crippen LogP contribution in [0.3, 0.4) is 0 Å². The summed E-state index contributed by atoms with van der Waals surface area (Å²) in [4.78, 5) is 34.0. The van der Waals surface area contributed by atoms with Crippen LogP contribution in [0.25, 0.3) is 0 Å². The van der Waals surface area contributed by atoms with Crippen molar-refractivity contribution in [1.29, 1.82) is 0 Å². The Kier molecular flexibility index (Phi) is 5.98. The van der Waals surface area contributed by atoms with E-state index in [0.717, 1.165) is 18.9 Å². The van der Waals surface area contributed by atoms with Crippen LogP contribution in [-0.2, 0) is 19.1 Å². The van der Waals surface area contributed by atoms with Crippen LogP contribution >= 0.6 is 0 Å². The summed E-state index contributed by atoms with van der Waals surface area (Å²) in [6, 6.07) is -1.16. The van der Waals surface area contributed by atoms with Crippen molar-refractivity contribution in [3.8, 4) is 0 Å². The van der Waals surface area contributed by atoms with Gasteiger partial charge in [-0.1, -0.05) is 0 Å². The highest BCUT2D eigenvalue weighted by atomic mass is 16.5. The molecule has 6 N–H and O–H groups in total. The van der Waals surface area contributed by atoms with Gasteiger partial charge in [0.15, 0.2) is 6.10 Å². The minimum Gasteiger partial charge on any atom is -0.478 e. The lowest BCUT2D eigenvalue weighted by Gasteiger charge is -2.38. The first-order valence-electron chi connectivity index (χ1n) is 7.91. The second kappa shape index (κ2) is 7.81. The van der Waals surface area contributed by atoms with Crippen LogP contribution in [0.5, 0.6) is 0 Å². The normalized spacial score (nSPS) is 28.2. The van der Waals surface area contributed by atoms with Crippen LogP contribution in [0.4, 0.5) is 0 Å². The third-order valence-electron chi connectivity index (χ3n) is 4.05. The zero-order chi connectivity index (χ0) is 18.7. The summed E-state index contributed by atoms with van der Waals surface area (Å²) in [7, 11) is 0. The summed E-state index contributed by atoms with van der Waals surface area (Å²) in [5.74, 6) is -2.92. The molecular weight excluding hydrogens is 336 g/mol. The van der Waals surface area contributed by atoms with E-state index < -0.39 is 48.1 Å². The number of hydrogen-bond acceptors (Lipinski definition) is 7. The lowest BCUT2D eigenvalue weighted by atomic mass is 9.93. The van der Waals surface area contributed by atoms with Crippen LogP contribution in [0, 0.1) is 5.92 Å². The third kappa shape index (κ3) is 4.91. The van der Waals surface area contributed by atoms with Crippen molar-refractivity contribution in [2.24, 2.45) is 5.92 Å². The fourth-order valence-electron chi connectivity index (χ4n) is 2.55. The number of carbonyl (C=O) groups excluding carboxylic acids is 2. The predicted octanol–water partition coefficient (Wildman–Crippen LogP) is -2.53. The number of aliphatic hydroxyl groups excluding tert-OH is 3. The number of carbonyl (C=O) groups is 3. The highest BCUT2D eigenvalue weighted by molar-refractivity contribution is 5.84. The smallest absolute Gasteiger partial charge is 0.370 e. The Bertz CT molecular complexity index is 574. The number of rotatable bonds is 7. The second-order valence-corrected chi connectivity index (χ2v) is 6.21. The third-order valence-corrected chi connectivity index (χ3v) is 4.05. The highest BCUT2D eigenvalue weighted by Crippen LogP contribution is 2.28. The van der Waals surface area contributed by atoms with E-state index in [4.69, 9.17) is 9.84 Å². The Morgan fingerprint density at radius 1 is 1.32 bits per heavy atom. The molecule has 0 aromatic heterocycles. The number of aliphatic carboxylic acids is 1. The molecular formula is C15H22N2O8. The van der Waals surface area contributed by atoms with E-state index >= 15 is 0 Å². The van der Waals surface area contributed by atoms with E-state index in [-0.39, 0.29) is 18.4 Å². The van der Waals surface area contributed by atoms with Crippen LogP contribution in [-0.4, -0.2) is 75.2 Å². The minimum absolute atomic E-state index is 0.0780. The van der Waals surface area contributed by atoms with Crippen LogP contribution in [0.1, 0.15) is 19.8 Å². The van der Waals surface area contributed by atoms with Crippen LogP contribution in [0.15, 0.2) is 11.8 Å². The van der Waals surface area contributed by atoms with E-state index in [1.165, 1.54) is 6.92 Å². The first kappa shape index (κ1) is 19.2. The molecule has 1 aliphatic carbocycles. The molecule has 0 aromatic carbocycles. The number of amides is 2. The first-order valence-corrected chi connectivity index (χ1v) is 7.91. The molecule has 25 heavy (non-hydrogen) atoms. The summed E-state index contributed by atoms with van der Waals surface area (Å²) < 4.78 is 5.15. The number of carboxylic acids is 1. The summed E-state index contributed by atoms with van der Waals surface area (Å²) in [5, 5.41) is 44.3. The molecule has 0 spiro atoms. The molecule has 10 nitrogen and oxygen atoms in total. The Balaban J connectivity index is 2.07. The van der Waals surface area contributed by atoms with Gasteiger partial charge >= 0.3 is 5.97 Å². The quantitative estimate of drug-likeness (QED) is 0.290. The first-order chi connectivity index (χ1) is 11.7. The molecule has 0 bridgehead atoms. The average molecular weight is 358 g/mol. The Morgan fingerprint density at radius 3 is 2.48 bits per heavy atom. The fourth-order valence-corrected chi connectivity index (χ4v) is 2.55. The molecule has 1 aliphatic heterocycles. The van der Waals surface area contributed by atoms with Gasteiger partial charge in [-0.05, 0) is 18.9 Å². The topological polar surface area (TPSA) is 165 Å². The largest absolute Gasteiger partial charge is 0.478 e. The summed E-state index contributed by atoms with van der Waals surface area (Å²) in [6.45, 7) is 0.907. The van der Waals surface area contributed by atoms with Crippen LogP contribution < -0.4 is 10.6 Å². The molecule has 1 fully saturated rings.